The van der Waals surface area contributed by atoms with E-state index in [1.807, 2.05) is 6.07 Å². The molecule has 0 aliphatic rings. The average molecular weight is 821 g/mol. The highest BCUT2D eigenvalue weighted by molar-refractivity contribution is 7.25. The van der Waals surface area contributed by atoms with Crippen LogP contribution in [-0.2, 0) is 0 Å². The first-order chi connectivity index (χ1) is 31.2. The van der Waals surface area contributed by atoms with Gasteiger partial charge in [-0.3, -0.25) is 0 Å². The van der Waals surface area contributed by atoms with E-state index in [0.717, 1.165) is 71.5 Å². The van der Waals surface area contributed by atoms with Gasteiger partial charge >= 0.3 is 0 Å². The van der Waals surface area contributed by atoms with E-state index in [-0.39, 0.29) is 0 Å². The SMILES string of the molecule is c1ccc2cc3c(cc2c1)c1c2ccccc2ccc1n3-c1cc(-c2nc(-c3cccc4ccccc34)nc(-c3cccc4sc5ccccc5c34)n2)cc2oc3ccccc3c12. The van der Waals surface area contributed by atoms with E-state index >= 15 is 0 Å². The van der Waals surface area contributed by atoms with Crippen molar-refractivity contribution < 1.29 is 4.42 Å². The molecular formula is C57H32N4OS. The number of thiophene rings is 1. The smallest absolute Gasteiger partial charge is 0.164 e. The Hall–Kier alpha value is -8.19. The van der Waals surface area contributed by atoms with Crippen LogP contribution in [0.25, 0.3) is 136 Å². The Morgan fingerprint density at radius 3 is 1.84 bits per heavy atom. The zero-order valence-electron chi connectivity index (χ0n) is 33.6. The first kappa shape index (κ1) is 34.5. The Balaban J connectivity index is 1.11. The lowest BCUT2D eigenvalue weighted by atomic mass is 10.0. The minimum absolute atomic E-state index is 0.569. The Labute approximate surface area is 363 Å². The number of hydrogen-bond donors (Lipinski definition) is 0. The normalized spacial score (nSPS) is 12.1. The zero-order chi connectivity index (χ0) is 41.2. The Bertz CT molecular complexity index is 4230. The maximum absolute atomic E-state index is 6.82. The molecule has 0 saturated heterocycles. The van der Waals surface area contributed by atoms with Crippen LogP contribution in [0.2, 0.25) is 0 Å². The van der Waals surface area contributed by atoms with Crippen molar-refractivity contribution in [1.29, 1.82) is 0 Å². The summed E-state index contributed by atoms with van der Waals surface area (Å²) < 4.78 is 11.7. The van der Waals surface area contributed by atoms with Gasteiger partial charge in [0.1, 0.15) is 11.2 Å². The van der Waals surface area contributed by atoms with E-state index in [1.165, 1.54) is 47.1 Å². The molecule has 4 heterocycles. The van der Waals surface area contributed by atoms with Crippen molar-refractivity contribution in [3.05, 3.63) is 194 Å². The molecule has 6 heteroatoms. The second-order valence-electron chi connectivity index (χ2n) is 16.3. The van der Waals surface area contributed by atoms with Crippen LogP contribution in [0.15, 0.2) is 199 Å². The van der Waals surface area contributed by atoms with Gasteiger partial charge < -0.3 is 8.98 Å². The number of para-hydroxylation sites is 1. The summed E-state index contributed by atoms with van der Waals surface area (Å²) in [7, 11) is 0. The van der Waals surface area contributed by atoms with Gasteiger partial charge in [-0.2, -0.15) is 0 Å². The number of furan rings is 1. The molecule has 0 aliphatic heterocycles. The summed E-state index contributed by atoms with van der Waals surface area (Å²) >= 11 is 1.79. The zero-order valence-corrected chi connectivity index (χ0v) is 34.4. The molecule has 0 saturated carbocycles. The fourth-order valence-electron chi connectivity index (χ4n) is 10.00. The van der Waals surface area contributed by atoms with Gasteiger partial charge in [0, 0.05) is 53.0 Å². The summed E-state index contributed by atoms with van der Waals surface area (Å²) in [5, 5.41) is 13.9. The highest BCUT2D eigenvalue weighted by atomic mass is 32.1. The molecule has 0 unspecified atom stereocenters. The summed E-state index contributed by atoms with van der Waals surface area (Å²) in [4.78, 5) is 16.2. The van der Waals surface area contributed by atoms with Crippen LogP contribution in [-0.4, -0.2) is 19.5 Å². The third-order valence-corrected chi connectivity index (χ3v) is 13.9. The van der Waals surface area contributed by atoms with Crippen molar-refractivity contribution >= 4 is 108 Å². The lowest BCUT2D eigenvalue weighted by Gasteiger charge is -2.14. The minimum Gasteiger partial charge on any atom is -0.456 e. The molecule has 0 radical (unpaired) electrons. The van der Waals surface area contributed by atoms with Crippen LogP contribution < -0.4 is 0 Å². The molecule has 10 aromatic carbocycles. The fourth-order valence-corrected chi connectivity index (χ4v) is 11.1. The third-order valence-electron chi connectivity index (χ3n) is 12.8. The number of nitrogens with zero attached hydrogens (tertiary/aromatic N) is 4. The van der Waals surface area contributed by atoms with Crippen molar-refractivity contribution in [3.63, 3.8) is 0 Å². The van der Waals surface area contributed by atoms with Gasteiger partial charge in [0.15, 0.2) is 17.5 Å². The van der Waals surface area contributed by atoms with E-state index in [9.17, 15) is 0 Å². The maximum atomic E-state index is 6.82. The van der Waals surface area contributed by atoms with Gasteiger partial charge in [-0.15, -0.1) is 11.3 Å². The molecule has 0 fully saturated rings. The second-order valence-corrected chi connectivity index (χ2v) is 17.4. The van der Waals surface area contributed by atoms with Crippen LogP contribution in [0, 0.1) is 0 Å². The molecule has 5 nitrogen and oxygen atoms in total. The highest BCUT2D eigenvalue weighted by Gasteiger charge is 2.24. The number of hydrogen-bond acceptors (Lipinski definition) is 5. The largest absolute Gasteiger partial charge is 0.456 e. The number of rotatable bonds is 4. The predicted octanol–water partition coefficient (Wildman–Crippen LogP) is 15.7. The van der Waals surface area contributed by atoms with E-state index < -0.39 is 0 Å². The van der Waals surface area contributed by atoms with Crippen molar-refractivity contribution in [2.45, 2.75) is 0 Å². The molecule has 0 N–H and O–H groups in total. The lowest BCUT2D eigenvalue weighted by Crippen LogP contribution is -2.02. The van der Waals surface area contributed by atoms with Crippen LogP contribution in [0.3, 0.4) is 0 Å². The summed E-state index contributed by atoms with van der Waals surface area (Å²) in [6, 6.07) is 69.1. The maximum Gasteiger partial charge on any atom is 0.164 e. The molecule has 14 aromatic rings. The number of aromatic nitrogens is 4. The first-order valence-corrected chi connectivity index (χ1v) is 22.0. The molecule has 0 bridgehead atoms. The standard InChI is InChI=1S/C57H32N4OS/c1-2-16-36-30-46-44(29-35(36)15-1)52-39-19-6-4-14-34(39)27-28-45(52)61(46)47-31-37(32-49-54(47)41-20-7-9-24-48(41)62-49)55-58-56(40-22-11-17-33-13-3-5-18-38(33)40)60-57(59-55)43-23-12-26-51-53(43)42-21-8-10-25-50(42)63-51/h1-32H. The topological polar surface area (TPSA) is 56.7 Å². The van der Waals surface area contributed by atoms with Crippen molar-refractivity contribution in [2.75, 3.05) is 0 Å². The summed E-state index contributed by atoms with van der Waals surface area (Å²) in [6.07, 6.45) is 0. The van der Waals surface area contributed by atoms with Crippen LogP contribution in [0.5, 0.6) is 0 Å². The van der Waals surface area contributed by atoms with E-state index in [1.54, 1.807) is 11.3 Å². The average Bonchev–Trinajstić information content (AvgIpc) is 4.02. The molecule has 0 atom stereocenters. The lowest BCUT2D eigenvalue weighted by molar-refractivity contribution is 0.669. The van der Waals surface area contributed by atoms with Crippen molar-refractivity contribution in [1.82, 2.24) is 19.5 Å². The molecule has 0 amide bonds. The van der Waals surface area contributed by atoms with Crippen LogP contribution in [0.1, 0.15) is 0 Å². The number of fused-ring (bicyclic) bond motifs is 13. The van der Waals surface area contributed by atoms with Gasteiger partial charge in [-0.05, 0) is 80.8 Å². The Morgan fingerprint density at radius 1 is 0.365 bits per heavy atom. The molecule has 0 aliphatic carbocycles. The molecular weight excluding hydrogens is 789 g/mol. The third kappa shape index (κ3) is 5.13. The Morgan fingerprint density at radius 2 is 0.984 bits per heavy atom. The summed E-state index contributed by atoms with van der Waals surface area (Å²) in [6.45, 7) is 0. The van der Waals surface area contributed by atoms with Crippen molar-refractivity contribution in [3.8, 4) is 39.9 Å². The van der Waals surface area contributed by atoms with Crippen molar-refractivity contribution in [2.24, 2.45) is 0 Å². The minimum atomic E-state index is 0.569. The van der Waals surface area contributed by atoms with Gasteiger partial charge in [-0.25, -0.2) is 15.0 Å². The quantitative estimate of drug-likeness (QED) is 0.177. The van der Waals surface area contributed by atoms with Gasteiger partial charge in [0.25, 0.3) is 0 Å². The fraction of sp³-hybridized carbons (Fsp3) is 0. The summed E-state index contributed by atoms with van der Waals surface area (Å²) in [5.74, 6) is 1.81. The van der Waals surface area contributed by atoms with Gasteiger partial charge in [-0.1, -0.05) is 146 Å². The van der Waals surface area contributed by atoms with Crippen LogP contribution >= 0.6 is 11.3 Å². The summed E-state index contributed by atoms with van der Waals surface area (Å²) in [5.41, 5.74) is 7.58. The second kappa shape index (κ2) is 13.2. The predicted molar refractivity (Wildman–Crippen MR) is 263 cm³/mol. The van der Waals surface area contributed by atoms with Gasteiger partial charge in [0.2, 0.25) is 0 Å². The first-order valence-electron chi connectivity index (χ1n) is 21.2. The molecule has 14 rings (SSSR count). The molecule has 4 aromatic heterocycles. The van der Waals surface area contributed by atoms with Gasteiger partial charge in [0.05, 0.1) is 22.1 Å². The highest BCUT2D eigenvalue weighted by Crippen LogP contribution is 2.45. The van der Waals surface area contributed by atoms with Crippen LogP contribution in [0.4, 0.5) is 0 Å². The Kier molecular flexibility index (Phi) is 7.21. The van der Waals surface area contributed by atoms with E-state index in [0.29, 0.717) is 17.5 Å². The molecule has 63 heavy (non-hydrogen) atoms. The number of benzene rings is 10. The van der Waals surface area contributed by atoms with E-state index in [4.69, 9.17) is 19.4 Å². The van der Waals surface area contributed by atoms with E-state index in [2.05, 4.69) is 193 Å². The molecule has 0 spiro atoms. The monoisotopic (exact) mass is 820 g/mol. The molecule has 292 valence electrons.